The molecule has 2 aliphatic heterocycles. The first kappa shape index (κ1) is 21.3. The Kier molecular flexibility index (Phi) is 5.97. The van der Waals surface area contributed by atoms with Crippen LogP contribution in [0.4, 0.5) is 5.69 Å². The molecule has 1 N–H and O–H groups in total. The molecule has 2 aliphatic rings. The number of amides is 2. The summed E-state index contributed by atoms with van der Waals surface area (Å²) in [4.78, 5) is 29.6. The summed E-state index contributed by atoms with van der Waals surface area (Å²) in [5.74, 6) is 0.444. The molecule has 0 saturated carbocycles. The Bertz CT molecular complexity index is 951. The highest BCUT2D eigenvalue weighted by atomic mass is 16.5. The lowest BCUT2D eigenvalue weighted by Gasteiger charge is -2.48. The van der Waals surface area contributed by atoms with Gasteiger partial charge in [0.2, 0.25) is 0 Å². The molecule has 2 fully saturated rings. The lowest BCUT2D eigenvalue weighted by Crippen LogP contribution is -2.61. The molecule has 0 aliphatic carbocycles. The van der Waals surface area contributed by atoms with Crippen molar-refractivity contribution in [1.29, 1.82) is 0 Å². The van der Waals surface area contributed by atoms with Crippen LogP contribution in [0.1, 0.15) is 23.3 Å². The number of ether oxygens (including phenoxy) is 2. The molecule has 1 aromatic heterocycles. The zero-order valence-electron chi connectivity index (χ0n) is 18.2. The van der Waals surface area contributed by atoms with Gasteiger partial charge in [-0.25, -0.2) is 0 Å². The van der Waals surface area contributed by atoms with Gasteiger partial charge in [0, 0.05) is 51.2 Å². The Labute approximate surface area is 181 Å². The molecule has 3 heterocycles. The normalized spacial score (nSPS) is 21.1. The van der Waals surface area contributed by atoms with Crippen molar-refractivity contribution >= 4 is 17.5 Å². The highest BCUT2D eigenvalue weighted by molar-refractivity contribution is 5.94. The first-order chi connectivity index (χ1) is 14.9. The Hall–Kier alpha value is -2.91. The molecule has 2 amide bonds. The second-order valence-electron chi connectivity index (χ2n) is 8.37. The molecule has 1 unspecified atom stereocenters. The van der Waals surface area contributed by atoms with Gasteiger partial charge in [-0.2, -0.15) is 5.10 Å². The minimum absolute atomic E-state index is 0.0630. The van der Waals surface area contributed by atoms with Gasteiger partial charge >= 0.3 is 0 Å². The molecule has 9 heteroatoms. The van der Waals surface area contributed by atoms with E-state index in [1.165, 1.54) is 0 Å². The van der Waals surface area contributed by atoms with Crippen LogP contribution in [-0.4, -0.2) is 83.4 Å². The average Bonchev–Trinajstić information content (AvgIpc) is 3.19. The number of likely N-dealkylation sites (tertiary alicyclic amines) is 1. The van der Waals surface area contributed by atoms with E-state index in [0.717, 1.165) is 6.54 Å². The van der Waals surface area contributed by atoms with Gasteiger partial charge < -0.3 is 24.6 Å². The number of aryl methyl sites for hydroxylation is 1. The monoisotopic (exact) mass is 427 g/mol. The molecule has 0 radical (unpaired) electrons. The topological polar surface area (TPSA) is 88.9 Å². The third-order valence-electron chi connectivity index (χ3n) is 5.95. The number of carbonyl (C=O) groups is 2. The van der Waals surface area contributed by atoms with Crippen LogP contribution in [0.5, 0.6) is 5.75 Å². The fourth-order valence-corrected chi connectivity index (χ4v) is 4.36. The standard InChI is InChI=1S/C22H29N5O4/c1-25-14-19(20(28)23-16-5-4-6-17(13-16)30-3)31-22(15-25)8-11-27(12-9-22)21(29)18-7-10-26(2)24-18/h4-7,10,13,19H,8-9,11-12,14-15H2,1-3H3,(H,23,28). The quantitative estimate of drug-likeness (QED) is 0.793. The molecule has 2 saturated heterocycles. The predicted octanol–water partition coefficient (Wildman–Crippen LogP) is 1.37. The van der Waals surface area contributed by atoms with Gasteiger partial charge in [0.05, 0.1) is 12.7 Å². The van der Waals surface area contributed by atoms with Crippen molar-refractivity contribution in [2.45, 2.75) is 24.5 Å². The van der Waals surface area contributed by atoms with Crippen molar-refractivity contribution in [2.24, 2.45) is 7.05 Å². The van der Waals surface area contributed by atoms with E-state index in [-0.39, 0.29) is 11.8 Å². The minimum Gasteiger partial charge on any atom is -0.497 e. The van der Waals surface area contributed by atoms with Crippen molar-refractivity contribution < 1.29 is 19.1 Å². The van der Waals surface area contributed by atoms with E-state index < -0.39 is 11.7 Å². The van der Waals surface area contributed by atoms with Crippen LogP contribution in [0, 0.1) is 0 Å². The molecular formula is C22H29N5O4. The summed E-state index contributed by atoms with van der Waals surface area (Å²) in [6.45, 7) is 2.41. The van der Waals surface area contributed by atoms with Gasteiger partial charge in [-0.05, 0) is 38.1 Å². The maximum Gasteiger partial charge on any atom is 0.274 e. The first-order valence-corrected chi connectivity index (χ1v) is 10.5. The third kappa shape index (κ3) is 4.72. The molecule has 1 spiro atoms. The number of morpholine rings is 1. The van der Waals surface area contributed by atoms with E-state index >= 15 is 0 Å². The molecule has 2 aromatic rings. The van der Waals surface area contributed by atoms with Crippen LogP contribution in [0.25, 0.3) is 0 Å². The van der Waals surface area contributed by atoms with Gasteiger partial charge in [-0.1, -0.05) is 6.07 Å². The number of methoxy groups -OCH3 is 1. The van der Waals surface area contributed by atoms with Gasteiger partial charge in [-0.15, -0.1) is 0 Å². The molecule has 1 atom stereocenters. The second kappa shape index (κ2) is 8.68. The summed E-state index contributed by atoms with van der Waals surface area (Å²) < 4.78 is 13.2. The highest BCUT2D eigenvalue weighted by Gasteiger charge is 2.45. The maximum absolute atomic E-state index is 12.9. The lowest BCUT2D eigenvalue weighted by molar-refractivity contribution is -0.176. The van der Waals surface area contributed by atoms with Crippen molar-refractivity contribution in [3.63, 3.8) is 0 Å². The number of hydrogen-bond donors (Lipinski definition) is 1. The molecule has 166 valence electrons. The summed E-state index contributed by atoms with van der Waals surface area (Å²) in [5.41, 5.74) is 0.686. The number of benzene rings is 1. The molecule has 4 rings (SSSR count). The van der Waals surface area contributed by atoms with Crippen molar-refractivity contribution in [2.75, 3.05) is 45.7 Å². The summed E-state index contributed by atoms with van der Waals surface area (Å²) >= 11 is 0. The van der Waals surface area contributed by atoms with Crippen molar-refractivity contribution in [1.82, 2.24) is 19.6 Å². The third-order valence-corrected chi connectivity index (χ3v) is 5.95. The van der Waals surface area contributed by atoms with Crippen LogP contribution in [-0.2, 0) is 16.6 Å². The molecule has 1 aromatic carbocycles. The van der Waals surface area contributed by atoms with Gasteiger partial charge in [-0.3, -0.25) is 14.3 Å². The number of rotatable bonds is 4. The minimum atomic E-state index is -0.581. The van der Waals surface area contributed by atoms with E-state index in [1.807, 2.05) is 30.1 Å². The Morgan fingerprint density at radius 1 is 1.23 bits per heavy atom. The lowest BCUT2D eigenvalue weighted by atomic mass is 9.88. The second-order valence-corrected chi connectivity index (χ2v) is 8.37. The van der Waals surface area contributed by atoms with E-state index in [4.69, 9.17) is 9.47 Å². The van der Waals surface area contributed by atoms with E-state index in [9.17, 15) is 9.59 Å². The Balaban J connectivity index is 1.39. The number of anilines is 1. The molecular weight excluding hydrogens is 398 g/mol. The van der Waals surface area contributed by atoms with Crippen molar-refractivity contribution in [3.05, 3.63) is 42.2 Å². The smallest absolute Gasteiger partial charge is 0.274 e. The number of hydrogen-bond acceptors (Lipinski definition) is 6. The SMILES string of the molecule is COc1cccc(NC(=O)C2CN(C)CC3(CCN(C(=O)c4ccn(C)n4)CC3)O2)c1. The fraction of sp³-hybridized carbons (Fsp3) is 0.500. The Morgan fingerprint density at radius 3 is 2.68 bits per heavy atom. The summed E-state index contributed by atoms with van der Waals surface area (Å²) in [5, 5.41) is 7.15. The highest BCUT2D eigenvalue weighted by Crippen LogP contribution is 2.33. The average molecular weight is 428 g/mol. The largest absolute Gasteiger partial charge is 0.497 e. The van der Waals surface area contributed by atoms with Crippen molar-refractivity contribution in [3.8, 4) is 5.75 Å². The number of aromatic nitrogens is 2. The zero-order valence-corrected chi connectivity index (χ0v) is 18.2. The summed E-state index contributed by atoms with van der Waals surface area (Å²) in [6.07, 6.45) is 2.55. The predicted molar refractivity (Wildman–Crippen MR) is 115 cm³/mol. The molecule has 31 heavy (non-hydrogen) atoms. The number of nitrogens with zero attached hydrogens (tertiary/aromatic N) is 4. The molecule has 9 nitrogen and oxygen atoms in total. The van der Waals surface area contributed by atoms with Gasteiger partial charge in [0.15, 0.2) is 0 Å². The van der Waals surface area contributed by atoms with E-state index in [1.54, 1.807) is 37.2 Å². The zero-order chi connectivity index (χ0) is 22.0. The van der Waals surface area contributed by atoms with Crippen LogP contribution >= 0.6 is 0 Å². The number of carbonyl (C=O) groups excluding carboxylic acids is 2. The number of nitrogens with one attached hydrogen (secondary N) is 1. The summed E-state index contributed by atoms with van der Waals surface area (Å²) in [7, 11) is 5.39. The van der Waals surface area contributed by atoms with E-state index in [0.29, 0.717) is 49.6 Å². The number of piperidine rings is 1. The van der Waals surface area contributed by atoms with Gasteiger partial charge in [0.1, 0.15) is 17.5 Å². The fourth-order valence-electron chi connectivity index (χ4n) is 4.36. The van der Waals surface area contributed by atoms with E-state index in [2.05, 4.69) is 15.3 Å². The maximum atomic E-state index is 12.9. The summed E-state index contributed by atoms with van der Waals surface area (Å²) in [6, 6.07) is 9.00. The van der Waals surface area contributed by atoms with Crippen LogP contribution in [0.3, 0.4) is 0 Å². The van der Waals surface area contributed by atoms with Crippen LogP contribution in [0.2, 0.25) is 0 Å². The van der Waals surface area contributed by atoms with Gasteiger partial charge in [0.25, 0.3) is 11.8 Å². The van der Waals surface area contributed by atoms with Crippen LogP contribution < -0.4 is 10.1 Å². The van der Waals surface area contributed by atoms with Crippen LogP contribution in [0.15, 0.2) is 36.5 Å². The number of likely N-dealkylation sites (N-methyl/N-ethyl adjacent to an activating group) is 1. The first-order valence-electron chi connectivity index (χ1n) is 10.5. The molecule has 0 bridgehead atoms. The Morgan fingerprint density at radius 2 is 2.00 bits per heavy atom.